The molecule has 0 aliphatic rings. The zero-order chi connectivity index (χ0) is 17.1. The normalized spacial score (nSPS) is 11.7. The summed E-state index contributed by atoms with van der Waals surface area (Å²) in [5.74, 6) is 1.27. The van der Waals surface area contributed by atoms with Crippen LogP contribution in [-0.2, 0) is 11.3 Å². The predicted octanol–water partition coefficient (Wildman–Crippen LogP) is 3.44. The van der Waals surface area contributed by atoms with E-state index >= 15 is 0 Å². The smallest absolute Gasteiger partial charge is 0.154 e. The van der Waals surface area contributed by atoms with E-state index in [1.54, 1.807) is 0 Å². The average Bonchev–Trinajstić information content (AvgIpc) is 2.97. The lowest BCUT2D eigenvalue weighted by atomic mass is 10.2. The van der Waals surface area contributed by atoms with Crippen molar-refractivity contribution in [2.75, 3.05) is 17.8 Å². The van der Waals surface area contributed by atoms with E-state index in [1.165, 1.54) is 0 Å². The number of nitrogens with zero attached hydrogens (tertiary/aromatic N) is 3. The Morgan fingerprint density at radius 1 is 1.17 bits per heavy atom. The number of anilines is 1. The number of ether oxygens (including phenoxy) is 1. The number of nitrogen functional groups attached to an aromatic ring is 1. The van der Waals surface area contributed by atoms with Crippen molar-refractivity contribution in [1.82, 2.24) is 14.6 Å². The Morgan fingerprint density at radius 3 is 2.62 bits per heavy atom. The molecule has 2 aromatic heterocycles. The molecule has 3 rings (SSSR count). The summed E-state index contributed by atoms with van der Waals surface area (Å²) in [4.78, 5) is 9.20. The molecule has 0 aliphatic carbocycles. The highest BCUT2D eigenvalue weighted by atomic mass is 16.5. The summed E-state index contributed by atoms with van der Waals surface area (Å²) in [6, 6.07) is 8.37. The first kappa shape index (κ1) is 16.5. The number of hydrogen-bond donors (Lipinski definition) is 2. The molecule has 2 heterocycles. The highest BCUT2D eigenvalue weighted by Crippen LogP contribution is 2.28. The molecule has 0 radical (unpaired) electrons. The minimum atomic E-state index is 0.357. The van der Waals surface area contributed by atoms with Crippen molar-refractivity contribution in [2.24, 2.45) is 0 Å². The molecule has 128 valence electrons. The van der Waals surface area contributed by atoms with Gasteiger partial charge in [-0.2, -0.15) is 0 Å². The first-order valence-corrected chi connectivity index (χ1v) is 8.59. The van der Waals surface area contributed by atoms with Crippen molar-refractivity contribution in [2.45, 2.75) is 46.3 Å². The molecule has 0 unspecified atom stereocenters. The monoisotopic (exact) mass is 327 g/mol. The van der Waals surface area contributed by atoms with Gasteiger partial charge < -0.3 is 15.9 Å². The van der Waals surface area contributed by atoms with Gasteiger partial charge in [0, 0.05) is 18.0 Å². The number of fused-ring (bicyclic) bond motifs is 3. The number of nitrogens with one attached hydrogen (secondary N) is 1. The van der Waals surface area contributed by atoms with Gasteiger partial charge in [-0.1, -0.05) is 32.0 Å². The number of benzene rings is 1. The van der Waals surface area contributed by atoms with E-state index in [-0.39, 0.29) is 0 Å². The summed E-state index contributed by atoms with van der Waals surface area (Å²) >= 11 is 0. The lowest BCUT2D eigenvalue weighted by Gasteiger charge is -2.20. The van der Waals surface area contributed by atoms with Crippen LogP contribution in [0.1, 0.15) is 39.4 Å². The molecule has 6 heteroatoms. The third-order valence-corrected chi connectivity index (χ3v) is 4.32. The molecular formula is C18H25N5O. The van der Waals surface area contributed by atoms with Crippen LogP contribution in [0.4, 0.5) is 5.82 Å². The summed E-state index contributed by atoms with van der Waals surface area (Å²) in [5, 5.41) is 1.04. The zero-order valence-electron chi connectivity index (χ0n) is 14.5. The number of imidazole rings is 1. The zero-order valence-corrected chi connectivity index (χ0v) is 14.5. The molecule has 24 heavy (non-hydrogen) atoms. The van der Waals surface area contributed by atoms with E-state index in [2.05, 4.69) is 30.3 Å². The first-order chi connectivity index (χ1) is 11.7. The molecular weight excluding hydrogens is 302 g/mol. The van der Waals surface area contributed by atoms with Crippen LogP contribution in [0.2, 0.25) is 0 Å². The number of rotatable bonds is 7. The van der Waals surface area contributed by atoms with E-state index in [0.29, 0.717) is 25.1 Å². The summed E-state index contributed by atoms with van der Waals surface area (Å²) < 4.78 is 7.65. The molecule has 0 fully saturated rings. The quantitative estimate of drug-likeness (QED) is 0.695. The summed E-state index contributed by atoms with van der Waals surface area (Å²) in [6.07, 6.45) is 2.06. The number of nitrogens with two attached hydrogens (primary N) is 1. The van der Waals surface area contributed by atoms with Crippen LogP contribution in [0.5, 0.6) is 0 Å². The van der Waals surface area contributed by atoms with E-state index in [4.69, 9.17) is 15.5 Å². The van der Waals surface area contributed by atoms with Crippen molar-refractivity contribution in [1.29, 1.82) is 0 Å². The van der Waals surface area contributed by atoms with Gasteiger partial charge in [-0.15, -0.1) is 0 Å². The van der Waals surface area contributed by atoms with Crippen molar-refractivity contribution >= 4 is 27.8 Å². The van der Waals surface area contributed by atoms with Crippen LogP contribution in [0.25, 0.3) is 21.9 Å². The fourth-order valence-corrected chi connectivity index (χ4v) is 2.93. The Bertz CT molecular complexity index is 838. The Labute approximate surface area is 142 Å². The van der Waals surface area contributed by atoms with Crippen LogP contribution in [0.3, 0.4) is 0 Å². The van der Waals surface area contributed by atoms with Gasteiger partial charge in [0.25, 0.3) is 0 Å². The van der Waals surface area contributed by atoms with Gasteiger partial charge in [-0.05, 0) is 25.8 Å². The molecule has 0 saturated carbocycles. The maximum atomic E-state index is 6.17. The SMILES string of the molecule is CCOCc1nc2c(N)nc3ccccc3c2n1NC(CC)CC. The standard InChI is InChI=1S/C18H25N5O/c1-4-12(5-2)22-23-15(11-24-6-3)21-16-17(23)13-9-7-8-10-14(13)20-18(16)19/h7-10,12,22H,4-6,11H2,1-3H3,(H2,19,20). The molecule has 3 N–H and O–H groups in total. The molecule has 0 saturated heterocycles. The highest BCUT2D eigenvalue weighted by molar-refractivity contribution is 6.06. The van der Waals surface area contributed by atoms with E-state index in [0.717, 1.165) is 40.6 Å². The summed E-state index contributed by atoms with van der Waals surface area (Å²) in [7, 11) is 0. The van der Waals surface area contributed by atoms with Crippen molar-refractivity contribution in [3.8, 4) is 0 Å². The third kappa shape index (κ3) is 2.89. The predicted molar refractivity (Wildman–Crippen MR) is 98.5 cm³/mol. The number of hydrogen-bond acceptors (Lipinski definition) is 5. The van der Waals surface area contributed by atoms with Crippen molar-refractivity contribution < 1.29 is 4.74 Å². The second-order valence-corrected chi connectivity index (χ2v) is 5.85. The maximum Gasteiger partial charge on any atom is 0.154 e. The molecule has 0 amide bonds. The first-order valence-electron chi connectivity index (χ1n) is 8.59. The summed E-state index contributed by atoms with van der Waals surface area (Å²) in [5.41, 5.74) is 12.3. The molecule has 3 aromatic rings. The van der Waals surface area contributed by atoms with E-state index in [9.17, 15) is 0 Å². The third-order valence-electron chi connectivity index (χ3n) is 4.32. The molecule has 0 spiro atoms. The second kappa shape index (κ2) is 7.05. The van der Waals surface area contributed by atoms with E-state index in [1.807, 2.05) is 29.8 Å². The van der Waals surface area contributed by atoms with Crippen LogP contribution in [0.15, 0.2) is 24.3 Å². The highest BCUT2D eigenvalue weighted by Gasteiger charge is 2.18. The Morgan fingerprint density at radius 2 is 1.92 bits per heavy atom. The number of para-hydroxylation sites is 1. The minimum absolute atomic E-state index is 0.357. The lowest BCUT2D eigenvalue weighted by molar-refractivity contribution is 0.126. The van der Waals surface area contributed by atoms with Crippen molar-refractivity contribution in [3.05, 3.63) is 30.1 Å². The van der Waals surface area contributed by atoms with Crippen LogP contribution >= 0.6 is 0 Å². The molecule has 1 aromatic carbocycles. The van der Waals surface area contributed by atoms with Crippen LogP contribution in [-0.4, -0.2) is 27.3 Å². The van der Waals surface area contributed by atoms with Gasteiger partial charge in [0.2, 0.25) is 0 Å². The Hall–Kier alpha value is -2.34. The fourth-order valence-electron chi connectivity index (χ4n) is 2.93. The number of pyridine rings is 1. The van der Waals surface area contributed by atoms with Gasteiger partial charge in [-0.3, -0.25) is 0 Å². The number of aromatic nitrogens is 3. The molecule has 0 atom stereocenters. The van der Waals surface area contributed by atoms with Gasteiger partial charge in [0.15, 0.2) is 11.6 Å². The average molecular weight is 327 g/mol. The Kier molecular flexibility index (Phi) is 4.85. The largest absolute Gasteiger partial charge is 0.382 e. The van der Waals surface area contributed by atoms with Crippen LogP contribution < -0.4 is 11.2 Å². The maximum absolute atomic E-state index is 6.17. The van der Waals surface area contributed by atoms with Gasteiger partial charge in [-0.25, -0.2) is 14.6 Å². The summed E-state index contributed by atoms with van der Waals surface area (Å²) in [6.45, 7) is 7.41. The molecule has 0 bridgehead atoms. The fraction of sp³-hybridized carbons (Fsp3) is 0.444. The molecule has 6 nitrogen and oxygen atoms in total. The van der Waals surface area contributed by atoms with Gasteiger partial charge >= 0.3 is 0 Å². The molecule has 0 aliphatic heterocycles. The minimum Gasteiger partial charge on any atom is -0.382 e. The van der Waals surface area contributed by atoms with Crippen molar-refractivity contribution in [3.63, 3.8) is 0 Å². The van der Waals surface area contributed by atoms with Crippen LogP contribution in [0, 0.1) is 0 Å². The Balaban J connectivity index is 2.25. The second-order valence-electron chi connectivity index (χ2n) is 5.85. The van der Waals surface area contributed by atoms with Gasteiger partial charge in [0.05, 0.1) is 5.52 Å². The van der Waals surface area contributed by atoms with E-state index < -0.39 is 0 Å². The van der Waals surface area contributed by atoms with Gasteiger partial charge in [0.1, 0.15) is 17.6 Å². The topological polar surface area (TPSA) is 78.0 Å². The lowest BCUT2D eigenvalue weighted by Crippen LogP contribution is -2.28.